The van der Waals surface area contributed by atoms with Gasteiger partial charge < -0.3 is 5.32 Å². The van der Waals surface area contributed by atoms with Crippen LogP contribution in [0.4, 0.5) is 5.69 Å². The minimum Gasteiger partial charge on any atom is -0.388 e. The average molecular weight is 190 g/mol. The molecule has 0 spiro atoms. The fourth-order valence-electron chi connectivity index (χ4n) is 0.825. The molecule has 0 atom stereocenters. The van der Waals surface area contributed by atoms with Gasteiger partial charge in [-0.05, 0) is 17.7 Å². The van der Waals surface area contributed by atoms with E-state index in [1.165, 1.54) is 5.56 Å². The number of hydrogen-bond acceptors (Lipinski definition) is 2. The molecule has 0 aliphatic rings. The van der Waals surface area contributed by atoms with Crippen molar-refractivity contribution < 1.29 is 0 Å². The summed E-state index contributed by atoms with van der Waals surface area (Å²) in [5, 5.41) is 3.07. The fourth-order valence-corrected chi connectivity index (χ4v) is 1.02. The van der Waals surface area contributed by atoms with Crippen LogP contribution >= 0.6 is 25.0 Å². The molecule has 0 amide bonds. The molecule has 11 heavy (non-hydrogen) atoms. The second-order valence-corrected chi connectivity index (χ2v) is 2.42. The summed E-state index contributed by atoms with van der Waals surface area (Å²) in [6.07, 6.45) is 0. The third-order valence-corrected chi connectivity index (χ3v) is 1.76. The Labute approximate surface area is 79.0 Å². The first kappa shape index (κ1) is 10.7. The van der Waals surface area contributed by atoms with E-state index in [1.807, 2.05) is 19.2 Å². The van der Waals surface area contributed by atoms with Crippen molar-refractivity contribution in [2.45, 2.75) is 5.75 Å². The van der Waals surface area contributed by atoms with Crippen molar-refractivity contribution in [3.63, 3.8) is 0 Å². The quantitative estimate of drug-likeness (QED) is 0.682. The van der Waals surface area contributed by atoms with E-state index in [-0.39, 0.29) is 12.4 Å². The highest BCUT2D eigenvalue weighted by Crippen LogP contribution is 2.10. The third-order valence-electron chi connectivity index (χ3n) is 1.40. The largest absolute Gasteiger partial charge is 0.388 e. The van der Waals surface area contributed by atoms with Crippen LogP contribution in [0, 0.1) is 0 Å². The van der Waals surface area contributed by atoms with Crippen molar-refractivity contribution in [1.82, 2.24) is 0 Å². The molecule has 0 aromatic heterocycles. The Balaban J connectivity index is 0.000001000. The highest BCUT2D eigenvalue weighted by molar-refractivity contribution is 7.79. The molecule has 0 aliphatic heterocycles. The molecule has 1 N–H and O–H groups in total. The molecule has 0 aliphatic carbocycles. The van der Waals surface area contributed by atoms with Gasteiger partial charge in [0.05, 0.1) is 0 Å². The zero-order chi connectivity index (χ0) is 7.40. The minimum absolute atomic E-state index is 0. The molecule has 1 nitrogen and oxygen atoms in total. The van der Waals surface area contributed by atoms with E-state index in [1.54, 1.807) is 0 Å². The standard InChI is InChI=1S/C8H11NS.ClH/c1-9-8-4-2-3-7(5-8)6-10;/h2-5,9-10H,6H2,1H3;1H. The number of thiol groups is 1. The number of hydrogen-bond donors (Lipinski definition) is 2. The van der Waals surface area contributed by atoms with Gasteiger partial charge in [-0.2, -0.15) is 12.6 Å². The molecular formula is C8H12ClNS. The monoisotopic (exact) mass is 189 g/mol. The number of rotatable bonds is 2. The van der Waals surface area contributed by atoms with Gasteiger partial charge in [-0.15, -0.1) is 12.4 Å². The lowest BCUT2D eigenvalue weighted by Gasteiger charge is -2.00. The Bertz CT molecular complexity index is 196. The van der Waals surface area contributed by atoms with Gasteiger partial charge in [0, 0.05) is 18.5 Å². The molecule has 1 aromatic carbocycles. The molecule has 3 heteroatoms. The number of benzene rings is 1. The normalized spacial score (nSPS) is 8.55. The van der Waals surface area contributed by atoms with Crippen LogP contribution in [-0.2, 0) is 5.75 Å². The summed E-state index contributed by atoms with van der Waals surface area (Å²) in [6, 6.07) is 8.21. The SMILES string of the molecule is CNc1cccc(CS)c1.Cl. The maximum Gasteiger partial charge on any atom is 0.0340 e. The van der Waals surface area contributed by atoms with Gasteiger partial charge in [-0.3, -0.25) is 0 Å². The molecule has 0 fully saturated rings. The molecule has 0 heterocycles. The lowest BCUT2D eigenvalue weighted by molar-refractivity contribution is 1.40. The molecule has 0 saturated heterocycles. The van der Waals surface area contributed by atoms with E-state index in [0.29, 0.717) is 0 Å². The number of halogens is 1. The summed E-state index contributed by atoms with van der Waals surface area (Å²) in [5.74, 6) is 0.801. The van der Waals surface area contributed by atoms with Crippen molar-refractivity contribution in [1.29, 1.82) is 0 Å². The summed E-state index contributed by atoms with van der Waals surface area (Å²) in [6.45, 7) is 0. The first-order valence-electron chi connectivity index (χ1n) is 3.24. The lowest BCUT2D eigenvalue weighted by atomic mass is 10.2. The maximum atomic E-state index is 4.17. The van der Waals surface area contributed by atoms with Gasteiger partial charge >= 0.3 is 0 Å². The molecule has 0 radical (unpaired) electrons. The van der Waals surface area contributed by atoms with E-state index in [9.17, 15) is 0 Å². The highest BCUT2D eigenvalue weighted by Gasteiger charge is 1.89. The van der Waals surface area contributed by atoms with Crippen LogP contribution in [0.5, 0.6) is 0 Å². The van der Waals surface area contributed by atoms with Crippen LogP contribution in [0.1, 0.15) is 5.56 Å². The Morgan fingerprint density at radius 3 is 2.73 bits per heavy atom. The average Bonchev–Trinajstić information content (AvgIpc) is 2.05. The zero-order valence-electron chi connectivity index (χ0n) is 6.37. The molecule has 1 rings (SSSR count). The molecular weight excluding hydrogens is 178 g/mol. The molecule has 1 aromatic rings. The van der Waals surface area contributed by atoms with Crippen LogP contribution in [0.25, 0.3) is 0 Å². The molecule has 62 valence electrons. The van der Waals surface area contributed by atoms with Crippen molar-refractivity contribution in [3.8, 4) is 0 Å². The van der Waals surface area contributed by atoms with Crippen molar-refractivity contribution in [2.24, 2.45) is 0 Å². The first-order chi connectivity index (χ1) is 4.86. The van der Waals surface area contributed by atoms with E-state index in [4.69, 9.17) is 0 Å². The van der Waals surface area contributed by atoms with Gasteiger partial charge in [0.25, 0.3) is 0 Å². The second kappa shape index (κ2) is 5.33. The topological polar surface area (TPSA) is 12.0 Å². The van der Waals surface area contributed by atoms with Gasteiger partial charge in [-0.1, -0.05) is 12.1 Å². The summed E-state index contributed by atoms with van der Waals surface area (Å²) < 4.78 is 0. The maximum absolute atomic E-state index is 4.17. The number of nitrogens with one attached hydrogen (secondary N) is 1. The van der Waals surface area contributed by atoms with Gasteiger partial charge in [0.15, 0.2) is 0 Å². The smallest absolute Gasteiger partial charge is 0.0340 e. The Kier molecular flexibility index (Phi) is 5.16. The summed E-state index contributed by atoms with van der Waals surface area (Å²) >= 11 is 4.17. The van der Waals surface area contributed by atoms with Crippen molar-refractivity contribution in [3.05, 3.63) is 29.8 Å². The minimum atomic E-state index is 0. The fraction of sp³-hybridized carbons (Fsp3) is 0.250. The first-order valence-corrected chi connectivity index (χ1v) is 3.87. The summed E-state index contributed by atoms with van der Waals surface area (Å²) in [5.41, 5.74) is 2.39. The summed E-state index contributed by atoms with van der Waals surface area (Å²) in [4.78, 5) is 0. The van der Waals surface area contributed by atoms with Gasteiger partial charge in [0.2, 0.25) is 0 Å². The predicted octanol–water partition coefficient (Wildman–Crippen LogP) is 2.58. The molecule has 0 bridgehead atoms. The van der Waals surface area contributed by atoms with Crippen LogP contribution in [0.15, 0.2) is 24.3 Å². The van der Waals surface area contributed by atoms with Crippen LogP contribution in [-0.4, -0.2) is 7.05 Å². The highest BCUT2D eigenvalue weighted by atomic mass is 35.5. The zero-order valence-corrected chi connectivity index (χ0v) is 8.08. The second-order valence-electron chi connectivity index (χ2n) is 2.11. The Morgan fingerprint density at radius 2 is 2.18 bits per heavy atom. The Hall–Kier alpha value is -0.340. The van der Waals surface area contributed by atoms with Crippen molar-refractivity contribution in [2.75, 3.05) is 12.4 Å². The molecule has 0 unspecified atom stereocenters. The van der Waals surface area contributed by atoms with E-state index >= 15 is 0 Å². The van der Waals surface area contributed by atoms with E-state index in [0.717, 1.165) is 11.4 Å². The van der Waals surface area contributed by atoms with Gasteiger partial charge in [-0.25, -0.2) is 0 Å². The Morgan fingerprint density at radius 1 is 1.45 bits per heavy atom. The van der Waals surface area contributed by atoms with Crippen molar-refractivity contribution >= 4 is 30.7 Å². The van der Waals surface area contributed by atoms with Crippen LogP contribution in [0.3, 0.4) is 0 Å². The third kappa shape index (κ3) is 3.04. The van der Waals surface area contributed by atoms with Crippen LogP contribution in [0.2, 0.25) is 0 Å². The van der Waals surface area contributed by atoms with Crippen LogP contribution < -0.4 is 5.32 Å². The molecule has 0 saturated carbocycles. The van der Waals surface area contributed by atoms with Gasteiger partial charge in [0.1, 0.15) is 0 Å². The van der Waals surface area contributed by atoms with E-state index in [2.05, 4.69) is 30.1 Å². The predicted molar refractivity (Wildman–Crippen MR) is 55.9 cm³/mol. The number of anilines is 1. The lowest BCUT2D eigenvalue weighted by Crippen LogP contribution is -1.87. The van der Waals surface area contributed by atoms with E-state index < -0.39 is 0 Å². The summed E-state index contributed by atoms with van der Waals surface area (Å²) in [7, 11) is 1.91.